The van der Waals surface area contributed by atoms with Crippen LogP contribution in [0.15, 0.2) is 18.5 Å². The maximum atomic E-state index is 14.1. The SMILES string of the molecule is CC(=O)OC[C@]12[C@H](OC(C)=O)[C@@H](OC(C)=O)[C@@H]3[C@@H](OC(C)=O)[C@@]14O[C@@]3(C)COC(=O)c1cnccc1CCC(C)C(=O)O[C@@H]([C@H](OC(C)=O)[C@@H]2OC(C)=O)[C@]4(C)O. The lowest BCUT2D eigenvalue weighted by atomic mass is 9.45. The molecule has 19 heteroatoms. The Bertz CT molecular complexity index is 1840. The van der Waals surface area contributed by atoms with E-state index in [4.69, 9.17) is 42.6 Å². The van der Waals surface area contributed by atoms with Crippen LogP contribution in [0.1, 0.15) is 84.7 Å². The molecule has 312 valence electrons. The van der Waals surface area contributed by atoms with E-state index in [9.17, 15) is 43.5 Å². The minimum atomic E-state index is -2.80. The van der Waals surface area contributed by atoms with E-state index < -0.39 is 132 Å². The van der Waals surface area contributed by atoms with Gasteiger partial charge >= 0.3 is 47.8 Å². The van der Waals surface area contributed by atoms with Gasteiger partial charge in [0, 0.05) is 53.9 Å². The molecule has 1 N–H and O–H groups in total. The molecule has 2 aliphatic carbocycles. The smallest absolute Gasteiger partial charge is 0.340 e. The lowest BCUT2D eigenvalue weighted by Crippen LogP contribution is -2.89. The summed E-state index contributed by atoms with van der Waals surface area (Å²) in [4.78, 5) is 111. The average molecular weight is 806 g/mol. The van der Waals surface area contributed by atoms with Crippen LogP contribution in [0.3, 0.4) is 0 Å². The summed E-state index contributed by atoms with van der Waals surface area (Å²) < 4.78 is 54.2. The van der Waals surface area contributed by atoms with Crippen LogP contribution >= 0.6 is 0 Å². The van der Waals surface area contributed by atoms with Crippen LogP contribution in [0.25, 0.3) is 0 Å². The Labute approximate surface area is 327 Å². The van der Waals surface area contributed by atoms with Gasteiger partial charge in [-0.05, 0) is 38.3 Å². The van der Waals surface area contributed by atoms with Crippen molar-refractivity contribution in [3.05, 3.63) is 29.6 Å². The molecule has 3 fully saturated rings. The van der Waals surface area contributed by atoms with Crippen molar-refractivity contribution in [3.8, 4) is 0 Å². The van der Waals surface area contributed by atoms with Crippen LogP contribution in [0.2, 0.25) is 0 Å². The van der Waals surface area contributed by atoms with Gasteiger partial charge in [-0.1, -0.05) is 6.92 Å². The first-order chi connectivity index (χ1) is 26.5. The summed E-state index contributed by atoms with van der Waals surface area (Å²) >= 11 is 0. The number of carbonyl (C=O) groups is 8. The fourth-order valence-electron chi connectivity index (χ4n) is 9.18. The van der Waals surface area contributed by atoms with Crippen LogP contribution in [0, 0.1) is 17.3 Å². The monoisotopic (exact) mass is 805 g/mol. The quantitative estimate of drug-likeness (QED) is 0.296. The van der Waals surface area contributed by atoms with E-state index in [-0.39, 0.29) is 18.4 Å². The molecule has 12 atom stereocenters. The Morgan fingerprint density at radius 2 is 1.35 bits per heavy atom. The molecule has 0 amide bonds. The molecule has 1 aromatic rings. The third-order valence-electron chi connectivity index (χ3n) is 11.2. The molecule has 1 unspecified atom stereocenters. The van der Waals surface area contributed by atoms with Crippen LogP contribution in [0.5, 0.6) is 0 Å². The lowest BCUT2D eigenvalue weighted by Gasteiger charge is -2.67. The topological polar surface area (TPSA) is 253 Å². The lowest BCUT2D eigenvalue weighted by molar-refractivity contribution is -0.386. The number of esters is 8. The number of aryl methyl sites for hydroxylation is 1. The van der Waals surface area contributed by atoms with Crippen LogP contribution in [-0.2, 0) is 82.6 Å². The van der Waals surface area contributed by atoms with Crippen molar-refractivity contribution >= 4 is 47.8 Å². The summed E-state index contributed by atoms with van der Waals surface area (Å²) in [5, 5.41) is 13.4. The largest absolute Gasteiger partial charge is 0.465 e. The molecule has 3 heterocycles. The van der Waals surface area contributed by atoms with E-state index in [1.807, 2.05) is 0 Å². The molecular weight excluding hydrogens is 758 g/mol. The maximum Gasteiger partial charge on any atom is 0.340 e. The number of rotatable bonds is 7. The zero-order valence-electron chi connectivity index (χ0n) is 33.0. The van der Waals surface area contributed by atoms with E-state index in [1.165, 1.54) is 26.2 Å². The first-order valence-electron chi connectivity index (χ1n) is 18.3. The Kier molecular flexibility index (Phi) is 11.8. The fraction of sp³-hybridized carbons (Fsp3) is 0.658. The second kappa shape index (κ2) is 15.6. The molecule has 4 bridgehead atoms. The zero-order chi connectivity index (χ0) is 42.4. The normalized spacial score (nSPS) is 37.1. The number of ether oxygens (including phenoxy) is 9. The van der Waals surface area contributed by atoms with Crippen molar-refractivity contribution in [2.45, 2.75) is 129 Å². The van der Waals surface area contributed by atoms with Gasteiger partial charge in [0.25, 0.3) is 0 Å². The predicted molar refractivity (Wildman–Crippen MR) is 185 cm³/mol. The third-order valence-corrected chi connectivity index (χ3v) is 11.2. The van der Waals surface area contributed by atoms with E-state index >= 15 is 0 Å². The van der Waals surface area contributed by atoms with Gasteiger partial charge in [-0.3, -0.25) is 38.5 Å². The number of fused-ring (bicyclic) bond motifs is 5. The molecule has 1 aromatic heterocycles. The minimum Gasteiger partial charge on any atom is -0.465 e. The summed E-state index contributed by atoms with van der Waals surface area (Å²) in [5.74, 6) is -10.5. The number of aliphatic hydroxyl groups is 1. The van der Waals surface area contributed by atoms with Gasteiger partial charge in [0.05, 0.1) is 17.4 Å². The number of hydrogen-bond donors (Lipinski definition) is 1. The Morgan fingerprint density at radius 3 is 1.91 bits per heavy atom. The minimum absolute atomic E-state index is 0.0290. The van der Waals surface area contributed by atoms with Crippen molar-refractivity contribution in [2.75, 3.05) is 13.2 Å². The Balaban J connectivity index is 1.99. The zero-order valence-corrected chi connectivity index (χ0v) is 33.0. The molecule has 1 spiro atoms. The highest BCUT2D eigenvalue weighted by Crippen LogP contribution is 2.70. The summed E-state index contributed by atoms with van der Waals surface area (Å²) in [6.07, 6.45) is -8.92. The van der Waals surface area contributed by atoms with Gasteiger partial charge < -0.3 is 47.7 Å². The van der Waals surface area contributed by atoms with Gasteiger partial charge in [-0.2, -0.15) is 0 Å². The van der Waals surface area contributed by atoms with E-state index in [1.54, 1.807) is 6.07 Å². The van der Waals surface area contributed by atoms with Gasteiger partial charge in [0.2, 0.25) is 0 Å². The van der Waals surface area contributed by atoms with Crippen molar-refractivity contribution in [2.24, 2.45) is 17.3 Å². The van der Waals surface area contributed by atoms with Gasteiger partial charge in [-0.25, -0.2) is 4.79 Å². The van der Waals surface area contributed by atoms with Crippen LogP contribution < -0.4 is 0 Å². The molecule has 5 rings (SSSR count). The van der Waals surface area contributed by atoms with Crippen molar-refractivity contribution < 1.29 is 86.1 Å². The first kappa shape index (κ1) is 43.0. The van der Waals surface area contributed by atoms with Gasteiger partial charge in [0.1, 0.15) is 42.0 Å². The molecule has 2 aliphatic heterocycles. The predicted octanol–water partition coefficient (Wildman–Crippen LogP) is 0.863. The van der Waals surface area contributed by atoms with E-state index in [0.29, 0.717) is 5.56 Å². The molecule has 0 radical (unpaired) electrons. The summed E-state index contributed by atoms with van der Waals surface area (Å²) in [6, 6.07) is 1.56. The Hall–Kier alpha value is -5.17. The van der Waals surface area contributed by atoms with Gasteiger partial charge in [0.15, 0.2) is 30.0 Å². The molecule has 2 saturated carbocycles. The van der Waals surface area contributed by atoms with Crippen molar-refractivity contribution in [1.29, 1.82) is 0 Å². The average Bonchev–Trinajstić information content (AvgIpc) is 3.32. The summed E-state index contributed by atoms with van der Waals surface area (Å²) in [6.45, 7) is 8.17. The second-order valence-electron chi connectivity index (χ2n) is 15.3. The molecule has 4 aliphatic rings. The number of cyclic esters (lactones) is 1. The number of pyridine rings is 1. The molecular formula is C38H47NO18. The molecule has 0 aromatic carbocycles. The number of nitrogens with zero attached hydrogens (tertiary/aromatic N) is 1. The van der Waals surface area contributed by atoms with Crippen LogP contribution in [0.4, 0.5) is 0 Å². The molecule has 1 saturated heterocycles. The van der Waals surface area contributed by atoms with Crippen LogP contribution in [-0.4, -0.2) is 124 Å². The maximum absolute atomic E-state index is 14.1. The van der Waals surface area contributed by atoms with Crippen molar-refractivity contribution in [1.82, 2.24) is 4.98 Å². The van der Waals surface area contributed by atoms with E-state index in [2.05, 4.69) is 4.98 Å². The number of carbonyl (C=O) groups excluding carboxylic acids is 8. The van der Waals surface area contributed by atoms with E-state index in [0.717, 1.165) is 48.5 Å². The molecule has 57 heavy (non-hydrogen) atoms. The highest BCUT2D eigenvalue weighted by Gasteiger charge is 2.92. The highest BCUT2D eigenvalue weighted by molar-refractivity contribution is 5.90. The van der Waals surface area contributed by atoms with Gasteiger partial charge in [-0.15, -0.1) is 0 Å². The number of hydrogen-bond acceptors (Lipinski definition) is 19. The Morgan fingerprint density at radius 1 is 0.807 bits per heavy atom. The standard InChI is InChI=1S/C38H47NO18/c1-17-10-11-24-12-13-39-14-25(24)34(47)50-15-35(8)26-27(51-19(3)41)31(54-22(6)44)37(16-49-18(2)40)32(55-23(7)45)28(52-20(4)42)30(56-33(17)46)36(9,48)38(37,57-35)29(26)53-21(5)43/h12-14,17,26-32,48H,10-11,15-16H2,1-9H3/t17?,26-,27+,28+,29-,30+,31-,32+,35+,36+,37-,38+/m1/s1. The second-order valence-corrected chi connectivity index (χ2v) is 15.3. The summed E-state index contributed by atoms with van der Waals surface area (Å²) in [5.41, 5.74) is -9.68. The fourth-order valence-corrected chi connectivity index (χ4v) is 9.18. The van der Waals surface area contributed by atoms with Crippen molar-refractivity contribution in [3.63, 3.8) is 0 Å². The number of aromatic nitrogens is 1. The third kappa shape index (κ3) is 7.30. The summed E-state index contributed by atoms with van der Waals surface area (Å²) in [7, 11) is 0. The molecule has 19 nitrogen and oxygen atoms in total. The highest BCUT2D eigenvalue weighted by atomic mass is 16.7. The first-order valence-corrected chi connectivity index (χ1v) is 18.3.